The van der Waals surface area contributed by atoms with Crippen molar-refractivity contribution in [3.05, 3.63) is 0 Å². The van der Waals surface area contributed by atoms with E-state index in [1.54, 1.807) is 0 Å². The molecule has 188 valence electrons. The molecule has 0 spiro atoms. The number of carboxylic acids is 1. The summed E-state index contributed by atoms with van der Waals surface area (Å²) >= 11 is 0. The number of rotatable bonds is 14. The lowest BCUT2D eigenvalue weighted by Gasteiger charge is -2.30. The first-order valence-electron chi connectivity index (χ1n) is 11.1. The van der Waals surface area contributed by atoms with E-state index in [0.29, 0.717) is 32.2 Å². The van der Waals surface area contributed by atoms with Gasteiger partial charge in [0, 0.05) is 13.0 Å². The summed E-state index contributed by atoms with van der Waals surface area (Å²) in [6, 6.07) is -4.46. The first kappa shape index (κ1) is 28.3. The normalized spacial score (nSPS) is 19.3. The Hall–Kier alpha value is -2.77. The monoisotopic (exact) mass is 472 g/mol. The minimum absolute atomic E-state index is 0.0234. The molecular weight excluding hydrogens is 436 g/mol. The van der Waals surface area contributed by atoms with E-state index in [0.717, 1.165) is 0 Å². The Bertz CT molecular complexity index is 717. The van der Waals surface area contributed by atoms with E-state index in [1.165, 1.54) is 11.8 Å². The Morgan fingerprint density at radius 1 is 1.12 bits per heavy atom. The van der Waals surface area contributed by atoms with Crippen molar-refractivity contribution in [1.82, 2.24) is 15.5 Å². The van der Waals surface area contributed by atoms with Crippen LogP contribution < -0.4 is 27.8 Å². The van der Waals surface area contributed by atoms with Crippen LogP contribution in [0.3, 0.4) is 0 Å². The summed E-state index contributed by atoms with van der Waals surface area (Å²) in [6.45, 7) is 1.89. The van der Waals surface area contributed by atoms with Gasteiger partial charge in [0.1, 0.15) is 12.1 Å². The lowest BCUT2D eigenvalue weighted by Crippen LogP contribution is -2.57. The maximum atomic E-state index is 13.3. The number of hydrogen-bond acceptors (Lipinski definition) is 8. The van der Waals surface area contributed by atoms with Crippen LogP contribution in [0.15, 0.2) is 0 Å². The zero-order chi connectivity index (χ0) is 25.1. The fourth-order valence-corrected chi connectivity index (χ4v) is 3.60. The number of primary amides is 1. The number of aliphatic hydroxyl groups excluding tert-OH is 1. The van der Waals surface area contributed by atoms with Crippen LogP contribution in [0.4, 0.5) is 0 Å². The van der Waals surface area contributed by atoms with Crippen molar-refractivity contribution in [2.75, 3.05) is 13.1 Å². The molecule has 0 aromatic carbocycles. The number of unbranched alkanes of at least 4 members (excludes halogenated alkanes) is 1. The zero-order valence-electron chi connectivity index (χ0n) is 18.9. The van der Waals surface area contributed by atoms with Gasteiger partial charge in [0.05, 0.1) is 12.1 Å². The fourth-order valence-electron chi connectivity index (χ4n) is 3.60. The van der Waals surface area contributed by atoms with Gasteiger partial charge in [-0.15, -0.1) is 0 Å². The molecule has 1 rings (SSSR count). The molecule has 0 aromatic rings. The molecule has 1 saturated heterocycles. The van der Waals surface area contributed by atoms with Crippen molar-refractivity contribution in [2.24, 2.45) is 17.2 Å². The van der Waals surface area contributed by atoms with E-state index < -0.39 is 59.9 Å². The maximum Gasteiger partial charge on any atom is 0.328 e. The smallest absolute Gasteiger partial charge is 0.328 e. The molecule has 0 bridgehead atoms. The maximum absolute atomic E-state index is 13.3. The number of carbonyl (C=O) groups excluding carboxylic acids is 4. The third-order valence-electron chi connectivity index (χ3n) is 5.48. The highest BCUT2D eigenvalue weighted by atomic mass is 16.4. The second-order valence-corrected chi connectivity index (χ2v) is 8.21. The van der Waals surface area contributed by atoms with E-state index in [-0.39, 0.29) is 25.8 Å². The largest absolute Gasteiger partial charge is 0.480 e. The van der Waals surface area contributed by atoms with Gasteiger partial charge in [-0.1, -0.05) is 0 Å². The number of carbonyl (C=O) groups is 5. The standard InChI is InChI=1S/C20H36N6O7/c1-11(27)16(20(32)33)25-18(30)14-6-4-10-26(14)19(31)13(5-2-3-9-21)24-17(29)12(22)7-8-15(23)28/h11-14,16,27H,2-10,21-22H2,1H3,(H2,23,28)(H,24,29)(H,25,30)(H,32,33). The van der Waals surface area contributed by atoms with E-state index in [2.05, 4.69) is 10.6 Å². The summed E-state index contributed by atoms with van der Waals surface area (Å²) in [7, 11) is 0. The Labute approximate surface area is 192 Å². The third kappa shape index (κ3) is 8.94. The van der Waals surface area contributed by atoms with E-state index in [9.17, 15) is 34.2 Å². The fraction of sp³-hybridized carbons (Fsp3) is 0.750. The van der Waals surface area contributed by atoms with Crippen LogP contribution in [-0.4, -0.2) is 88.1 Å². The number of carboxylic acid groups (broad SMARTS) is 1. The molecule has 0 aromatic heterocycles. The quantitative estimate of drug-likeness (QED) is 0.129. The van der Waals surface area contributed by atoms with Crippen molar-refractivity contribution in [3.63, 3.8) is 0 Å². The number of aliphatic carboxylic acids is 1. The molecule has 5 atom stereocenters. The Morgan fingerprint density at radius 2 is 1.79 bits per heavy atom. The van der Waals surface area contributed by atoms with Crippen LogP contribution in [0.25, 0.3) is 0 Å². The average Bonchev–Trinajstić information content (AvgIpc) is 3.23. The summed E-state index contributed by atoms with van der Waals surface area (Å²) in [4.78, 5) is 61.9. The summed E-state index contributed by atoms with van der Waals surface area (Å²) in [5, 5.41) is 23.7. The van der Waals surface area contributed by atoms with Crippen LogP contribution in [0.2, 0.25) is 0 Å². The van der Waals surface area contributed by atoms with Crippen LogP contribution >= 0.6 is 0 Å². The van der Waals surface area contributed by atoms with Crippen LogP contribution in [0, 0.1) is 0 Å². The minimum Gasteiger partial charge on any atom is -0.480 e. The molecule has 5 unspecified atom stereocenters. The van der Waals surface area contributed by atoms with E-state index in [1.807, 2.05) is 0 Å². The molecule has 13 heteroatoms. The minimum atomic E-state index is -1.52. The lowest BCUT2D eigenvalue weighted by molar-refractivity contribution is -0.147. The van der Waals surface area contributed by atoms with Gasteiger partial charge >= 0.3 is 5.97 Å². The van der Waals surface area contributed by atoms with Gasteiger partial charge in [-0.25, -0.2) is 4.79 Å². The second-order valence-electron chi connectivity index (χ2n) is 8.21. The lowest BCUT2D eigenvalue weighted by atomic mass is 10.0. The van der Waals surface area contributed by atoms with Crippen LogP contribution in [0.1, 0.15) is 51.9 Å². The van der Waals surface area contributed by atoms with Crippen LogP contribution in [0.5, 0.6) is 0 Å². The summed E-state index contributed by atoms with van der Waals surface area (Å²) in [6.07, 6.45) is 0.855. The van der Waals surface area contributed by atoms with Crippen molar-refractivity contribution < 1.29 is 34.2 Å². The number of nitrogens with zero attached hydrogens (tertiary/aromatic N) is 1. The van der Waals surface area contributed by atoms with Crippen molar-refractivity contribution >= 4 is 29.6 Å². The molecule has 10 N–H and O–H groups in total. The molecular formula is C20H36N6O7. The van der Waals surface area contributed by atoms with Gasteiger partial charge in [0.2, 0.25) is 23.6 Å². The molecule has 13 nitrogen and oxygen atoms in total. The molecule has 1 heterocycles. The number of amides is 4. The average molecular weight is 473 g/mol. The highest BCUT2D eigenvalue weighted by Gasteiger charge is 2.39. The van der Waals surface area contributed by atoms with Crippen molar-refractivity contribution in [3.8, 4) is 0 Å². The SMILES string of the molecule is CC(O)C(NC(=O)C1CCCN1C(=O)C(CCCCN)NC(=O)C(N)CCC(N)=O)C(=O)O. The second kappa shape index (κ2) is 13.7. The molecule has 1 aliphatic heterocycles. The highest BCUT2D eigenvalue weighted by Crippen LogP contribution is 2.20. The summed E-state index contributed by atoms with van der Waals surface area (Å²) in [5.41, 5.74) is 16.4. The molecule has 4 amide bonds. The third-order valence-corrected chi connectivity index (χ3v) is 5.48. The predicted molar refractivity (Wildman–Crippen MR) is 117 cm³/mol. The number of nitrogens with two attached hydrogens (primary N) is 3. The molecule has 0 radical (unpaired) electrons. The predicted octanol–water partition coefficient (Wildman–Crippen LogP) is -2.87. The Morgan fingerprint density at radius 3 is 2.33 bits per heavy atom. The van der Waals surface area contributed by atoms with Gasteiger partial charge in [-0.2, -0.15) is 0 Å². The zero-order valence-corrected chi connectivity index (χ0v) is 18.9. The Balaban J connectivity index is 2.93. The van der Waals surface area contributed by atoms with Crippen LogP contribution in [-0.2, 0) is 24.0 Å². The first-order chi connectivity index (χ1) is 15.5. The van der Waals surface area contributed by atoms with E-state index >= 15 is 0 Å². The molecule has 1 aliphatic rings. The Kier molecular flexibility index (Phi) is 11.7. The van der Waals surface area contributed by atoms with Gasteiger partial charge in [0.25, 0.3) is 0 Å². The first-order valence-corrected chi connectivity index (χ1v) is 11.1. The van der Waals surface area contributed by atoms with Gasteiger partial charge in [-0.3, -0.25) is 19.2 Å². The number of nitrogens with one attached hydrogen (secondary N) is 2. The molecule has 0 saturated carbocycles. The number of aliphatic hydroxyl groups is 1. The van der Waals surface area contributed by atoms with Gasteiger partial charge in [0.15, 0.2) is 6.04 Å². The topological polar surface area (TPSA) is 231 Å². The molecule has 33 heavy (non-hydrogen) atoms. The molecule has 0 aliphatic carbocycles. The van der Waals surface area contributed by atoms with Crippen molar-refractivity contribution in [2.45, 2.75) is 82.1 Å². The summed E-state index contributed by atoms with van der Waals surface area (Å²) in [5.74, 6) is -3.81. The van der Waals surface area contributed by atoms with Crippen molar-refractivity contribution in [1.29, 1.82) is 0 Å². The number of likely N-dealkylation sites (tertiary alicyclic amines) is 1. The van der Waals surface area contributed by atoms with Gasteiger partial charge in [-0.05, 0) is 52.0 Å². The number of hydrogen-bond donors (Lipinski definition) is 7. The van der Waals surface area contributed by atoms with Gasteiger partial charge < -0.3 is 42.9 Å². The summed E-state index contributed by atoms with van der Waals surface area (Å²) < 4.78 is 0. The highest BCUT2D eigenvalue weighted by molar-refractivity contribution is 5.94. The molecule has 1 fully saturated rings. The van der Waals surface area contributed by atoms with E-state index in [4.69, 9.17) is 17.2 Å².